The molecular formula is C27H23N5O3S. The van der Waals surface area contributed by atoms with Gasteiger partial charge in [0.1, 0.15) is 0 Å². The molecule has 0 bridgehead atoms. The molecule has 0 N–H and O–H groups in total. The average Bonchev–Trinajstić information content (AvgIpc) is 3.39. The van der Waals surface area contributed by atoms with Crippen molar-refractivity contribution in [3.8, 4) is 11.6 Å². The van der Waals surface area contributed by atoms with Crippen LogP contribution in [-0.4, -0.2) is 43.6 Å². The maximum absolute atomic E-state index is 13.1. The van der Waals surface area contributed by atoms with Crippen LogP contribution < -0.4 is 5.56 Å². The number of thioether (sulfide) groups is 1. The Kier molecular flexibility index (Phi) is 6.90. The zero-order chi connectivity index (χ0) is 24.9. The lowest BCUT2D eigenvalue weighted by atomic mass is 10.1. The number of hydrogen-bond acceptors (Lipinski definition) is 7. The molecule has 0 atom stereocenters. The summed E-state index contributed by atoms with van der Waals surface area (Å²) in [6.07, 6.45) is 0. The maximum atomic E-state index is 13.1. The third-order valence-electron chi connectivity index (χ3n) is 5.66. The first kappa shape index (κ1) is 23.5. The molecule has 180 valence electrons. The Bertz CT molecular complexity index is 1550. The van der Waals surface area contributed by atoms with Gasteiger partial charge in [0.05, 0.1) is 17.7 Å². The molecule has 0 saturated carbocycles. The molecule has 0 aliphatic heterocycles. The van der Waals surface area contributed by atoms with Crippen LogP contribution in [0.5, 0.6) is 0 Å². The summed E-state index contributed by atoms with van der Waals surface area (Å²) in [6.45, 7) is 0.837. The summed E-state index contributed by atoms with van der Waals surface area (Å²) in [5.41, 5.74) is 2.24. The van der Waals surface area contributed by atoms with E-state index in [1.54, 1.807) is 18.0 Å². The maximum Gasteiger partial charge on any atom is 0.277 e. The minimum Gasteiger partial charge on any atom is -0.409 e. The number of amides is 1. The number of hydrogen-bond donors (Lipinski definition) is 0. The van der Waals surface area contributed by atoms with Crippen LogP contribution in [0, 0.1) is 0 Å². The highest BCUT2D eigenvalue weighted by molar-refractivity contribution is 7.99. The molecule has 36 heavy (non-hydrogen) atoms. The van der Waals surface area contributed by atoms with E-state index in [0.717, 1.165) is 11.1 Å². The van der Waals surface area contributed by atoms with Gasteiger partial charge in [0.15, 0.2) is 5.69 Å². The number of benzene rings is 3. The Morgan fingerprint density at radius 2 is 1.53 bits per heavy atom. The third-order valence-corrected chi connectivity index (χ3v) is 6.46. The van der Waals surface area contributed by atoms with Gasteiger partial charge in [-0.15, -0.1) is 10.2 Å². The topological polar surface area (TPSA) is 94.1 Å². The van der Waals surface area contributed by atoms with Gasteiger partial charge < -0.3 is 9.32 Å². The summed E-state index contributed by atoms with van der Waals surface area (Å²) in [5.74, 6) is 0.302. The molecular weight excluding hydrogens is 474 g/mol. The van der Waals surface area contributed by atoms with Gasteiger partial charge in [0.2, 0.25) is 5.91 Å². The molecule has 8 nitrogen and oxygen atoms in total. The van der Waals surface area contributed by atoms with Crippen LogP contribution in [0.15, 0.2) is 99.4 Å². The molecule has 0 radical (unpaired) electrons. The molecule has 0 saturated heterocycles. The molecule has 0 aliphatic rings. The van der Waals surface area contributed by atoms with Crippen molar-refractivity contribution in [3.05, 3.63) is 106 Å². The largest absolute Gasteiger partial charge is 0.409 e. The predicted octanol–water partition coefficient (Wildman–Crippen LogP) is 4.25. The zero-order valence-electron chi connectivity index (χ0n) is 19.6. The van der Waals surface area contributed by atoms with Crippen molar-refractivity contribution in [2.45, 2.75) is 18.3 Å². The van der Waals surface area contributed by atoms with Crippen LogP contribution in [0.4, 0.5) is 0 Å². The molecule has 0 spiro atoms. The lowest BCUT2D eigenvalue weighted by Crippen LogP contribution is -2.27. The first-order valence-electron chi connectivity index (χ1n) is 11.4. The highest BCUT2D eigenvalue weighted by atomic mass is 32.2. The summed E-state index contributed by atoms with van der Waals surface area (Å²) in [5, 5.41) is 14.2. The van der Waals surface area contributed by atoms with E-state index in [1.165, 1.54) is 16.4 Å². The molecule has 9 heteroatoms. The lowest BCUT2D eigenvalue weighted by Gasteiger charge is -2.16. The summed E-state index contributed by atoms with van der Waals surface area (Å²) >= 11 is 1.17. The SMILES string of the molecule is CN(Cc1ccccc1)C(=O)CSc1nnc(-c2nn(Cc3ccccc3)c(=O)c3ccccc23)o1. The van der Waals surface area contributed by atoms with E-state index in [2.05, 4.69) is 15.3 Å². The second-order valence-corrected chi connectivity index (χ2v) is 9.17. The standard InChI is InChI=1S/C27H23N5O3S/c1-31(16-19-10-4-2-5-11-19)23(33)18-36-27-29-28-25(35-27)24-21-14-8-9-15-22(21)26(34)32(30-24)17-20-12-6-3-7-13-20/h2-15H,16-18H2,1H3. The number of carbonyl (C=O) groups is 1. The number of fused-ring (bicyclic) bond motifs is 1. The summed E-state index contributed by atoms with van der Waals surface area (Å²) in [4.78, 5) is 27.3. The minimum absolute atomic E-state index is 0.0522. The summed E-state index contributed by atoms with van der Waals surface area (Å²) in [6, 6.07) is 26.7. The normalized spacial score (nSPS) is 11.0. The van der Waals surface area contributed by atoms with Gasteiger partial charge in [0.25, 0.3) is 16.7 Å². The van der Waals surface area contributed by atoms with Crippen LogP contribution in [0.1, 0.15) is 11.1 Å². The van der Waals surface area contributed by atoms with Crippen molar-refractivity contribution in [3.63, 3.8) is 0 Å². The van der Waals surface area contributed by atoms with Crippen LogP contribution in [0.2, 0.25) is 0 Å². The van der Waals surface area contributed by atoms with Gasteiger partial charge in [-0.1, -0.05) is 90.6 Å². The molecule has 0 aliphatic carbocycles. The van der Waals surface area contributed by atoms with Crippen molar-refractivity contribution in [1.82, 2.24) is 24.9 Å². The van der Waals surface area contributed by atoms with Gasteiger partial charge >= 0.3 is 0 Å². The van der Waals surface area contributed by atoms with Crippen molar-refractivity contribution in [2.75, 3.05) is 12.8 Å². The Hall–Kier alpha value is -4.24. The Balaban J connectivity index is 1.36. The van der Waals surface area contributed by atoms with E-state index >= 15 is 0 Å². The van der Waals surface area contributed by atoms with E-state index < -0.39 is 0 Å². The molecule has 2 heterocycles. The highest BCUT2D eigenvalue weighted by Crippen LogP contribution is 2.27. The number of nitrogens with zero attached hydrogens (tertiary/aromatic N) is 5. The first-order chi connectivity index (χ1) is 17.6. The number of carbonyl (C=O) groups excluding carboxylic acids is 1. The number of aromatic nitrogens is 4. The van der Waals surface area contributed by atoms with E-state index in [1.807, 2.05) is 78.9 Å². The molecule has 1 amide bonds. The first-order valence-corrected chi connectivity index (χ1v) is 12.4. The Morgan fingerprint density at radius 1 is 0.889 bits per heavy atom. The number of rotatable bonds is 8. The predicted molar refractivity (Wildman–Crippen MR) is 138 cm³/mol. The van der Waals surface area contributed by atoms with Crippen molar-refractivity contribution in [1.29, 1.82) is 0 Å². The Labute approximate surface area is 211 Å². The van der Waals surface area contributed by atoms with Gasteiger partial charge in [-0.05, 0) is 17.2 Å². The zero-order valence-corrected chi connectivity index (χ0v) is 20.4. The fraction of sp³-hybridized carbons (Fsp3) is 0.148. The van der Waals surface area contributed by atoms with Crippen LogP contribution in [-0.2, 0) is 17.9 Å². The smallest absolute Gasteiger partial charge is 0.277 e. The molecule has 0 unspecified atom stereocenters. The lowest BCUT2D eigenvalue weighted by molar-refractivity contribution is -0.127. The van der Waals surface area contributed by atoms with Crippen molar-refractivity contribution in [2.24, 2.45) is 0 Å². The van der Waals surface area contributed by atoms with Crippen LogP contribution in [0.25, 0.3) is 22.4 Å². The van der Waals surface area contributed by atoms with E-state index in [4.69, 9.17) is 4.42 Å². The Morgan fingerprint density at radius 3 is 2.25 bits per heavy atom. The monoisotopic (exact) mass is 497 g/mol. The van der Waals surface area contributed by atoms with Gasteiger partial charge in [-0.2, -0.15) is 5.10 Å². The molecule has 2 aromatic heterocycles. The fourth-order valence-corrected chi connectivity index (χ4v) is 4.50. The van der Waals surface area contributed by atoms with E-state index in [9.17, 15) is 9.59 Å². The fourth-order valence-electron chi connectivity index (χ4n) is 3.80. The minimum atomic E-state index is -0.195. The van der Waals surface area contributed by atoms with Crippen LogP contribution in [0.3, 0.4) is 0 Å². The average molecular weight is 498 g/mol. The van der Waals surface area contributed by atoms with Crippen LogP contribution >= 0.6 is 11.8 Å². The third kappa shape index (κ3) is 5.21. The molecule has 5 aromatic rings. The molecule has 5 rings (SSSR count). The quantitative estimate of drug-likeness (QED) is 0.296. The van der Waals surface area contributed by atoms with E-state index in [0.29, 0.717) is 29.6 Å². The molecule has 0 fully saturated rings. The van der Waals surface area contributed by atoms with Gasteiger partial charge in [-0.25, -0.2) is 4.68 Å². The van der Waals surface area contributed by atoms with Crippen molar-refractivity contribution >= 4 is 28.4 Å². The molecule has 3 aromatic carbocycles. The highest BCUT2D eigenvalue weighted by Gasteiger charge is 2.19. The summed E-state index contributed by atoms with van der Waals surface area (Å²) in [7, 11) is 1.77. The van der Waals surface area contributed by atoms with Crippen molar-refractivity contribution < 1.29 is 9.21 Å². The summed E-state index contributed by atoms with van der Waals surface area (Å²) < 4.78 is 7.27. The van der Waals surface area contributed by atoms with E-state index in [-0.39, 0.29) is 28.3 Å². The van der Waals surface area contributed by atoms with Gasteiger partial charge in [-0.3, -0.25) is 9.59 Å². The van der Waals surface area contributed by atoms with Gasteiger partial charge in [0, 0.05) is 19.0 Å². The second kappa shape index (κ2) is 10.6. The second-order valence-electron chi connectivity index (χ2n) is 8.24.